The van der Waals surface area contributed by atoms with Crippen LogP contribution in [0, 0.1) is 11.7 Å². The molecule has 2 aromatic rings. The van der Waals surface area contributed by atoms with Crippen molar-refractivity contribution in [1.29, 1.82) is 0 Å². The van der Waals surface area contributed by atoms with Gasteiger partial charge in [-0.05, 0) is 49.6 Å². The molecule has 3 N–H and O–H groups in total. The molecule has 148 valence electrons. The first kappa shape index (κ1) is 19.7. The van der Waals surface area contributed by atoms with Crippen molar-refractivity contribution >= 4 is 17.6 Å². The maximum Gasteiger partial charge on any atom is 0.315 e. The summed E-state index contributed by atoms with van der Waals surface area (Å²) in [4.78, 5) is 23.8. The van der Waals surface area contributed by atoms with Crippen molar-refractivity contribution in [2.24, 2.45) is 5.92 Å². The van der Waals surface area contributed by atoms with Gasteiger partial charge in [0.15, 0.2) is 0 Å². The van der Waals surface area contributed by atoms with Gasteiger partial charge in [0.1, 0.15) is 18.2 Å². The molecular formula is C21H24FN3O3. The summed E-state index contributed by atoms with van der Waals surface area (Å²) < 4.78 is 18.4. The molecule has 1 saturated carbocycles. The Morgan fingerprint density at radius 1 is 1.18 bits per heavy atom. The number of ether oxygens (including phenoxy) is 1. The molecule has 1 aliphatic carbocycles. The molecule has 1 atom stereocenters. The molecule has 3 rings (SSSR count). The van der Waals surface area contributed by atoms with Gasteiger partial charge in [0.05, 0.1) is 12.6 Å². The number of anilines is 1. The molecule has 28 heavy (non-hydrogen) atoms. The molecule has 1 unspecified atom stereocenters. The van der Waals surface area contributed by atoms with E-state index >= 15 is 0 Å². The van der Waals surface area contributed by atoms with Gasteiger partial charge in [-0.3, -0.25) is 4.79 Å². The molecule has 2 aromatic carbocycles. The molecule has 0 bridgehead atoms. The highest BCUT2D eigenvalue weighted by atomic mass is 19.1. The second-order valence-corrected chi connectivity index (χ2v) is 6.81. The Morgan fingerprint density at radius 3 is 2.61 bits per heavy atom. The minimum absolute atomic E-state index is 0.0683. The van der Waals surface area contributed by atoms with Gasteiger partial charge in [-0.25, -0.2) is 9.18 Å². The normalized spacial score (nSPS) is 14.1. The van der Waals surface area contributed by atoms with E-state index in [0.29, 0.717) is 12.3 Å². The number of carbonyl (C=O) groups excluding carboxylic acids is 2. The summed E-state index contributed by atoms with van der Waals surface area (Å²) >= 11 is 0. The number of amides is 3. The summed E-state index contributed by atoms with van der Waals surface area (Å²) in [7, 11) is 0. The van der Waals surface area contributed by atoms with Crippen LogP contribution in [0.25, 0.3) is 0 Å². The Bertz CT molecular complexity index is 822. The second kappa shape index (κ2) is 9.21. The van der Waals surface area contributed by atoms with Crippen LogP contribution in [0.2, 0.25) is 0 Å². The Hall–Kier alpha value is -3.09. The minimum atomic E-state index is -0.366. The molecule has 6 nitrogen and oxygen atoms in total. The van der Waals surface area contributed by atoms with E-state index in [-0.39, 0.29) is 36.3 Å². The average Bonchev–Trinajstić information content (AvgIpc) is 3.51. The summed E-state index contributed by atoms with van der Waals surface area (Å²) in [6.45, 7) is 2.41. The van der Waals surface area contributed by atoms with E-state index in [1.165, 1.54) is 12.1 Å². The summed E-state index contributed by atoms with van der Waals surface area (Å²) in [5.41, 5.74) is 1.68. The van der Waals surface area contributed by atoms with Crippen LogP contribution in [0.1, 0.15) is 31.4 Å². The fraction of sp³-hybridized carbons (Fsp3) is 0.333. The van der Waals surface area contributed by atoms with E-state index in [1.54, 1.807) is 12.1 Å². The first-order chi connectivity index (χ1) is 13.5. The first-order valence-electron chi connectivity index (χ1n) is 9.35. The highest BCUT2D eigenvalue weighted by Gasteiger charge is 2.29. The number of carbonyl (C=O) groups is 2. The molecule has 0 aliphatic heterocycles. The number of rotatable bonds is 8. The van der Waals surface area contributed by atoms with Crippen LogP contribution in [-0.4, -0.2) is 25.1 Å². The van der Waals surface area contributed by atoms with Gasteiger partial charge in [-0.15, -0.1) is 0 Å². The Kier molecular flexibility index (Phi) is 6.47. The van der Waals surface area contributed by atoms with E-state index in [2.05, 4.69) is 16.0 Å². The van der Waals surface area contributed by atoms with Crippen LogP contribution in [0.5, 0.6) is 5.75 Å². The van der Waals surface area contributed by atoms with Crippen molar-refractivity contribution in [3.63, 3.8) is 0 Å². The Balaban J connectivity index is 1.37. The predicted octanol–water partition coefficient (Wildman–Crippen LogP) is 3.61. The number of hydrogen-bond acceptors (Lipinski definition) is 3. The maximum atomic E-state index is 13.1. The molecule has 3 amide bonds. The lowest BCUT2D eigenvalue weighted by Crippen LogP contribution is -2.38. The molecule has 1 fully saturated rings. The monoisotopic (exact) mass is 385 g/mol. The minimum Gasteiger partial charge on any atom is -0.492 e. The summed E-state index contributed by atoms with van der Waals surface area (Å²) in [5.74, 6) is 0.284. The van der Waals surface area contributed by atoms with Gasteiger partial charge in [-0.1, -0.05) is 18.2 Å². The molecule has 0 spiro atoms. The molecule has 0 radical (unpaired) electrons. The summed E-state index contributed by atoms with van der Waals surface area (Å²) in [6.07, 6.45) is 1.93. The zero-order valence-electron chi connectivity index (χ0n) is 15.7. The number of benzene rings is 2. The van der Waals surface area contributed by atoms with Crippen molar-refractivity contribution in [1.82, 2.24) is 10.6 Å². The van der Waals surface area contributed by atoms with Crippen LogP contribution < -0.4 is 20.7 Å². The van der Waals surface area contributed by atoms with Crippen LogP contribution in [-0.2, 0) is 4.79 Å². The van der Waals surface area contributed by atoms with Crippen LogP contribution >= 0.6 is 0 Å². The van der Waals surface area contributed by atoms with Crippen molar-refractivity contribution in [3.05, 3.63) is 59.9 Å². The third-order valence-corrected chi connectivity index (χ3v) is 4.43. The van der Waals surface area contributed by atoms with Gasteiger partial charge in [-0.2, -0.15) is 0 Å². The van der Waals surface area contributed by atoms with Gasteiger partial charge < -0.3 is 20.7 Å². The topological polar surface area (TPSA) is 79.5 Å². The zero-order chi connectivity index (χ0) is 19.9. The smallest absolute Gasteiger partial charge is 0.315 e. The standard InChI is InChI=1S/C21H24FN3O3/c1-14(15-7-9-18(10-8-15)25-20(26)16-5-6-16)24-21(27)23-11-12-28-19-4-2-3-17(22)13-19/h2-4,7-10,13-14,16H,5-6,11-12H2,1H3,(H,25,26)(H2,23,24,27). The van der Waals surface area contributed by atoms with E-state index < -0.39 is 0 Å². The van der Waals surface area contributed by atoms with Crippen LogP contribution in [0.4, 0.5) is 14.9 Å². The van der Waals surface area contributed by atoms with E-state index in [0.717, 1.165) is 24.1 Å². The number of hydrogen-bond donors (Lipinski definition) is 3. The molecule has 0 aromatic heterocycles. The average molecular weight is 385 g/mol. The van der Waals surface area contributed by atoms with Gasteiger partial charge in [0, 0.05) is 17.7 Å². The lowest BCUT2D eigenvalue weighted by Gasteiger charge is -2.16. The quantitative estimate of drug-likeness (QED) is 0.608. The highest BCUT2D eigenvalue weighted by Crippen LogP contribution is 2.30. The molecule has 1 aliphatic rings. The number of nitrogens with one attached hydrogen (secondary N) is 3. The summed E-state index contributed by atoms with van der Waals surface area (Å²) in [5, 5.41) is 8.42. The fourth-order valence-electron chi connectivity index (χ4n) is 2.67. The van der Waals surface area contributed by atoms with Crippen molar-refractivity contribution in [2.75, 3.05) is 18.5 Å². The highest BCUT2D eigenvalue weighted by molar-refractivity contribution is 5.94. The lowest BCUT2D eigenvalue weighted by atomic mass is 10.1. The Labute approximate surface area is 163 Å². The van der Waals surface area contributed by atoms with Crippen LogP contribution in [0.3, 0.4) is 0 Å². The zero-order valence-corrected chi connectivity index (χ0v) is 15.7. The maximum absolute atomic E-state index is 13.1. The second-order valence-electron chi connectivity index (χ2n) is 6.81. The van der Waals surface area contributed by atoms with Crippen molar-refractivity contribution < 1.29 is 18.7 Å². The Morgan fingerprint density at radius 2 is 1.93 bits per heavy atom. The third kappa shape index (κ3) is 5.97. The molecule has 0 saturated heterocycles. The molecule has 7 heteroatoms. The van der Waals surface area contributed by atoms with E-state index in [4.69, 9.17) is 4.74 Å². The largest absolute Gasteiger partial charge is 0.492 e. The molecular weight excluding hydrogens is 361 g/mol. The van der Waals surface area contributed by atoms with E-state index in [9.17, 15) is 14.0 Å². The summed E-state index contributed by atoms with van der Waals surface area (Å²) in [6, 6.07) is 12.8. The van der Waals surface area contributed by atoms with Gasteiger partial charge in [0.2, 0.25) is 5.91 Å². The number of urea groups is 1. The lowest BCUT2D eigenvalue weighted by molar-refractivity contribution is -0.117. The third-order valence-electron chi connectivity index (χ3n) is 4.43. The van der Waals surface area contributed by atoms with Crippen LogP contribution in [0.15, 0.2) is 48.5 Å². The molecule has 0 heterocycles. The van der Waals surface area contributed by atoms with Crippen molar-refractivity contribution in [3.8, 4) is 5.75 Å². The predicted molar refractivity (Wildman–Crippen MR) is 105 cm³/mol. The SMILES string of the molecule is CC(NC(=O)NCCOc1cccc(F)c1)c1ccc(NC(=O)C2CC2)cc1. The van der Waals surface area contributed by atoms with E-state index in [1.807, 2.05) is 31.2 Å². The fourth-order valence-corrected chi connectivity index (χ4v) is 2.67. The van der Waals surface area contributed by atoms with Gasteiger partial charge >= 0.3 is 6.03 Å². The number of halogens is 1. The van der Waals surface area contributed by atoms with Crippen molar-refractivity contribution in [2.45, 2.75) is 25.8 Å². The van der Waals surface area contributed by atoms with Gasteiger partial charge in [0.25, 0.3) is 0 Å². The first-order valence-corrected chi connectivity index (χ1v) is 9.35.